The molecule has 2 atom stereocenters. The van der Waals surface area contributed by atoms with E-state index in [0.717, 1.165) is 30.6 Å². The first-order valence-electron chi connectivity index (χ1n) is 5.95. The number of piperidine rings is 1. The molecule has 102 valence electrons. The van der Waals surface area contributed by atoms with Gasteiger partial charge in [0.25, 0.3) is 10.0 Å². The molecule has 4 nitrogen and oxygen atoms in total. The number of sulfonamides is 1. The van der Waals surface area contributed by atoms with E-state index < -0.39 is 10.0 Å². The molecular formula is C11H17ClN2O2S2. The molecule has 0 spiro atoms. The van der Waals surface area contributed by atoms with Gasteiger partial charge in [0, 0.05) is 18.6 Å². The highest BCUT2D eigenvalue weighted by Gasteiger charge is 2.35. The molecule has 0 aromatic carbocycles. The molecule has 1 aliphatic rings. The van der Waals surface area contributed by atoms with E-state index in [4.69, 9.17) is 17.3 Å². The molecule has 0 amide bonds. The van der Waals surface area contributed by atoms with Gasteiger partial charge in [-0.1, -0.05) is 18.0 Å². The molecule has 2 heterocycles. The van der Waals surface area contributed by atoms with Crippen molar-refractivity contribution in [1.82, 2.24) is 4.31 Å². The Morgan fingerprint density at radius 3 is 2.78 bits per heavy atom. The average Bonchev–Trinajstić information content (AvgIpc) is 2.76. The van der Waals surface area contributed by atoms with Crippen molar-refractivity contribution in [1.29, 1.82) is 0 Å². The minimum atomic E-state index is -3.45. The molecule has 0 saturated carbocycles. The Kier molecular flexibility index (Phi) is 4.33. The molecule has 1 aromatic heterocycles. The molecular weight excluding hydrogens is 292 g/mol. The van der Waals surface area contributed by atoms with Crippen molar-refractivity contribution in [2.24, 2.45) is 5.73 Å². The molecule has 2 rings (SSSR count). The summed E-state index contributed by atoms with van der Waals surface area (Å²) in [5.41, 5.74) is 5.91. The predicted molar refractivity (Wildman–Crippen MR) is 74.5 cm³/mol. The molecule has 18 heavy (non-hydrogen) atoms. The SMILES string of the molecule is CC(N)C1CCCCN1S(=O)(=O)c1ccc(Cl)s1. The lowest BCUT2D eigenvalue weighted by atomic mass is 10.00. The highest BCUT2D eigenvalue weighted by atomic mass is 35.5. The second kappa shape index (κ2) is 5.46. The maximum Gasteiger partial charge on any atom is 0.252 e. The Balaban J connectivity index is 2.33. The first kappa shape index (κ1) is 14.3. The summed E-state index contributed by atoms with van der Waals surface area (Å²) in [5, 5.41) is 0. The van der Waals surface area contributed by atoms with Crippen LogP contribution in [0, 0.1) is 0 Å². The van der Waals surface area contributed by atoms with Gasteiger partial charge in [-0.3, -0.25) is 0 Å². The molecule has 2 unspecified atom stereocenters. The van der Waals surface area contributed by atoms with Gasteiger partial charge in [-0.15, -0.1) is 11.3 Å². The standard InChI is InChI=1S/C11H17ClN2O2S2/c1-8(13)9-4-2-3-7-14(9)18(15,16)11-6-5-10(12)17-11/h5-6,8-9H,2-4,7,13H2,1H3. The zero-order chi connectivity index (χ0) is 13.3. The van der Waals surface area contributed by atoms with Crippen molar-refractivity contribution < 1.29 is 8.42 Å². The van der Waals surface area contributed by atoms with E-state index in [1.165, 1.54) is 0 Å². The van der Waals surface area contributed by atoms with Gasteiger partial charge in [-0.25, -0.2) is 8.42 Å². The lowest BCUT2D eigenvalue weighted by Crippen LogP contribution is -2.51. The van der Waals surface area contributed by atoms with Crippen LogP contribution >= 0.6 is 22.9 Å². The van der Waals surface area contributed by atoms with Gasteiger partial charge in [-0.2, -0.15) is 4.31 Å². The van der Waals surface area contributed by atoms with Crippen LogP contribution in [-0.4, -0.2) is 31.4 Å². The summed E-state index contributed by atoms with van der Waals surface area (Å²) in [4.78, 5) is 0. The Bertz CT molecular complexity index is 513. The van der Waals surface area contributed by atoms with Gasteiger partial charge in [0.1, 0.15) is 4.21 Å². The first-order valence-corrected chi connectivity index (χ1v) is 8.59. The highest BCUT2D eigenvalue weighted by Crippen LogP contribution is 2.32. The number of hydrogen-bond acceptors (Lipinski definition) is 4. The first-order chi connectivity index (χ1) is 8.43. The highest BCUT2D eigenvalue weighted by molar-refractivity contribution is 7.91. The van der Waals surface area contributed by atoms with Crippen LogP contribution in [0.15, 0.2) is 16.3 Å². The summed E-state index contributed by atoms with van der Waals surface area (Å²) in [5.74, 6) is 0. The Hall–Kier alpha value is -0.140. The predicted octanol–water partition coefficient (Wildman–Crippen LogP) is 2.29. The lowest BCUT2D eigenvalue weighted by molar-refractivity contribution is 0.227. The van der Waals surface area contributed by atoms with Gasteiger partial charge < -0.3 is 5.73 Å². The van der Waals surface area contributed by atoms with Crippen molar-refractivity contribution in [3.8, 4) is 0 Å². The zero-order valence-electron chi connectivity index (χ0n) is 10.2. The minimum absolute atomic E-state index is 0.107. The van der Waals surface area contributed by atoms with E-state index in [1.807, 2.05) is 6.92 Å². The Labute approximate surface area is 117 Å². The molecule has 7 heteroatoms. The second-order valence-corrected chi connectivity index (χ2v) is 8.43. The molecule has 0 aliphatic carbocycles. The Morgan fingerprint density at radius 2 is 2.22 bits per heavy atom. The van der Waals surface area contributed by atoms with Crippen molar-refractivity contribution in [2.45, 2.75) is 42.5 Å². The molecule has 1 fully saturated rings. The van der Waals surface area contributed by atoms with Crippen LogP contribution in [0.25, 0.3) is 0 Å². The fraction of sp³-hybridized carbons (Fsp3) is 0.636. The summed E-state index contributed by atoms with van der Waals surface area (Å²) in [6, 6.07) is 2.92. The van der Waals surface area contributed by atoms with Crippen molar-refractivity contribution in [3.05, 3.63) is 16.5 Å². The van der Waals surface area contributed by atoms with Crippen LogP contribution < -0.4 is 5.73 Å². The molecule has 0 bridgehead atoms. The van der Waals surface area contributed by atoms with E-state index in [2.05, 4.69) is 0 Å². The summed E-state index contributed by atoms with van der Waals surface area (Å²) in [7, 11) is -3.45. The fourth-order valence-electron chi connectivity index (χ4n) is 2.31. The Morgan fingerprint density at radius 1 is 1.50 bits per heavy atom. The van der Waals surface area contributed by atoms with E-state index in [0.29, 0.717) is 15.1 Å². The fourth-order valence-corrected chi connectivity index (χ4v) is 5.69. The smallest absolute Gasteiger partial charge is 0.252 e. The summed E-state index contributed by atoms with van der Waals surface area (Å²) in [6.45, 7) is 2.41. The lowest BCUT2D eigenvalue weighted by Gasteiger charge is -2.36. The van der Waals surface area contributed by atoms with E-state index in [1.54, 1.807) is 16.4 Å². The monoisotopic (exact) mass is 308 g/mol. The number of rotatable bonds is 3. The average molecular weight is 309 g/mol. The number of halogens is 1. The van der Waals surface area contributed by atoms with Gasteiger partial charge in [0.05, 0.1) is 4.34 Å². The summed E-state index contributed by atoms with van der Waals surface area (Å²) in [6.07, 6.45) is 2.75. The van der Waals surface area contributed by atoms with E-state index in [-0.39, 0.29) is 12.1 Å². The third-order valence-electron chi connectivity index (χ3n) is 3.22. The quantitative estimate of drug-likeness (QED) is 0.932. The van der Waals surface area contributed by atoms with Crippen LogP contribution in [-0.2, 0) is 10.0 Å². The van der Waals surface area contributed by atoms with Crippen molar-refractivity contribution in [2.75, 3.05) is 6.54 Å². The topological polar surface area (TPSA) is 63.4 Å². The summed E-state index contributed by atoms with van der Waals surface area (Å²) < 4.78 is 27.4. The van der Waals surface area contributed by atoms with Crippen LogP contribution in [0.3, 0.4) is 0 Å². The largest absolute Gasteiger partial charge is 0.326 e. The third kappa shape index (κ3) is 2.72. The van der Waals surface area contributed by atoms with Crippen LogP contribution in [0.4, 0.5) is 0 Å². The zero-order valence-corrected chi connectivity index (χ0v) is 12.6. The molecule has 1 saturated heterocycles. The van der Waals surface area contributed by atoms with Gasteiger partial charge >= 0.3 is 0 Å². The molecule has 2 N–H and O–H groups in total. The molecule has 1 aliphatic heterocycles. The second-order valence-electron chi connectivity index (χ2n) is 4.60. The molecule has 1 aromatic rings. The van der Waals surface area contributed by atoms with Crippen LogP contribution in [0.5, 0.6) is 0 Å². The number of nitrogens with zero attached hydrogens (tertiary/aromatic N) is 1. The van der Waals surface area contributed by atoms with Gasteiger partial charge in [0.2, 0.25) is 0 Å². The van der Waals surface area contributed by atoms with Crippen LogP contribution in [0.2, 0.25) is 4.34 Å². The maximum atomic E-state index is 12.5. The normalized spacial score (nSPS) is 24.1. The third-order valence-corrected chi connectivity index (χ3v) is 6.84. The molecule has 0 radical (unpaired) electrons. The van der Waals surface area contributed by atoms with Crippen LogP contribution in [0.1, 0.15) is 26.2 Å². The minimum Gasteiger partial charge on any atom is -0.326 e. The van der Waals surface area contributed by atoms with Crippen molar-refractivity contribution >= 4 is 33.0 Å². The number of thiophene rings is 1. The van der Waals surface area contributed by atoms with Crippen molar-refractivity contribution in [3.63, 3.8) is 0 Å². The van der Waals surface area contributed by atoms with E-state index in [9.17, 15) is 8.42 Å². The summed E-state index contributed by atoms with van der Waals surface area (Å²) >= 11 is 6.91. The van der Waals surface area contributed by atoms with Gasteiger partial charge in [-0.05, 0) is 31.9 Å². The van der Waals surface area contributed by atoms with Gasteiger partial charge in [0.15, 0.2) is 0 Å². The maximum absolute atomic E-state index is 12.5. The number of hydrogen-bond donors (Lipinski definition) is 1. The number of nitrogens with two attached hydrogens (primary N) is 1. The van der Waals surface area contributed by atoms with E-state index >= 15 is 0 Å².